The molecule has 0 aliphatic rings. The summed E-state index contributed by atoms with van der Waals surface area (Å²) in [6.07, 6.45) is 2.28. The average molecular weight is 438 g/mol. The van der Waals surface area contributed by atoms with Crippen molar-refractivity contribution < 1.29 is 10.2 Å². The molecule has 0 radical (unpaired) electrons. The Morgan fingerprint density at radius 1 is 0.969 bits per heavy atom. The summed E-state index contributed by atoms with van der Waals surface area (Å²) in [4.78, 5) is 11.5. The van der Waals surface area contributed by atoms with Crippen LogP contribution >= 0.6 is 0 Å². The van der Waals surface area contributed by atoms with Gasteiger partial charge in [0.2, 0.25) is 0 Å². The zero-order chi connectivity index (χ0) is 25.0. The molecule has 0 bridgehead atoms. The van der Waals surface area contributed by atoms with E-state index < -0.39 is 10.8 Å². The number of rotatable bonds is 7. The Balaban J connectivity index is 0.00000140. The largest absolute Gasteiger partial charge is 0.382 e. The second-order valence-corrected chi connectivity index (χ2v) is 9.08. The molecule has 9 nitrogen and oxygen atoms in total. The van der Waals surface area contributed by atoms with Crippen molar-refractivity contribution in [1.82, 2.24) is 0 Å². The molecule has 0 amide bonds. The lowest BCUT2D eigenvalue weighted by atomic mass is 9.79. The van der Waals surface area contributed by atoms with Crippen LogP contribution in [-0.4, -0.2) is 23.6 Å². The van der Waals surface area contributed by atoms with Crippen molar-refractivity contribution in [2.45, 2.75) is 65.8 Å². The Hall–Kier alpha value is -3.74. The molecular weight excluding hydrogens is 406 g/mol. The first-order chi connectivity index (χ1) is 14.7. The van der Waals surface area contributed by atoms with Gasteiger partial charge in [-0.2, -0.15) is 21.0 Å². The van der Waals surface area contributed by atoms with E-state index in [1.54, 1.807) is 0 Å². The van der Waals surface area contributed by atoms with E-state index in [0.29, 0.717) is 6.54 Å². The molecule has 170 valence electrons. The summed E-state index contributed by atoms with van der Waals surface area (Å²) in [5.74, 6) is 0.00784. The summed E-state index contributed by atoms with van der Waals surface area (Å²) >= 11 is 0. The minimum Gasteiger partial charge on any atom is -0.382 e. The van der Waals surface area contributed by atoms with Crippen molar-refractivity contribution in [3.63, 3.8) is 0 Å². The second kappa shape index (κ2) is 12.2. The highest BCUT2D eigenvalue weighted by molar-refractivity contribution is 6.29. The fraction of sp³-hybridized carbons (Fsp3) is 0.478. The van der Waals surface area contributed by atoms with Crippen LogP contribution in [-0.2, 0) is 22.4 Å². The number of hydrogen-bond donors (Lipinski definition) is 2. The number of aliphatic imine (C=N–C) groups is 2. The standard InChI is InChI=1S/C18H22N6O2.C5H9N/c1-17(2,10-19)14-5-13(6-15(7-14)18(3,4)11-20)8-22-12-23-16(21)9-24-26-25;1-5(2,3)4-6/h5-7,9,12,25H,8H2,1-4H3,(H2,21,22,23);1-3H3/b24-9+;. The molecule has 1 rings (SSSR count). The van der Waals surface area contributed by atoms with Gasteiger partial charge in [0.05, 0.1) is 35.6 Å². The number of hydrogen-bond acceptors (Lipinski definition) is 7. The first kappa shape index (κ1) is 28.3. The van der Waals surface area contributed by atoms with Gasteiger partial charge in [-0.25, -0.2) is 9.98 Å². The van der Waals surface area contributed by atoms with Gasteiger partial charge in [0.15, 0.2) is 0 Å². The Morgan fingerprint density at radius 3 is 1.81 bits per heavy atom. The summed E-state index contributed by atoms with van der Waals surface area (Å²) in [5.41, 5.74) is 6.44. The lowest BCUT2D eigenvalue weighted by Crippen LogP contribution is -2.19. The first-order valence-electron chi connectivity index (χ1n) is 9.76. The average Bonchev–Trinajstić information content (AvgIpc) is 2.74. The van der Waals surface area contributed by atoms with Gasteiger partial charge in [-0.3, -0.25) is 4.99 Å². The highest BCUT2D eigenvalue weighted by Crippen LogP contribution is 2.30. The van der Waals surface area contributed by atoms with Crippen molar-refractivity contribution in [3.05, 3.63) is 34.9 Å². The van der Waals surface area contributed by atoms with E-state index in [1.807, 2.05) is 66.7 Å². The van der Waals surface area contributed by atoms with Crippen LogP contribution in [0.5, 0.6) is 0 Å². The van der Waals surface area contributed by atoms with Gasteiger partial charge in [-0.15, -0.1) is 0 Å². The predicted molar refractivity (Wildman–Crippen MR) is 125 cm³/mol. The maximum atomic E-state index is 9.42. The van der Waals surface area contributed by atoms with Crippen LogP contribution in [0.2, 0.25) is 0 Å². The van der Waals surface area contributed by atoms with Crippen LogP contribution in [0.4, 0.5) is 0 Å². The molecule has 0 fully saturated rings. The van der Waals surface area contributed by atoms with Gasteiger partial charge in [0, 0.05) is 5.41 Å². The monoisotopic (exact) mass is 437 g/mol. The molecule has 1 aromatic carbocycles. The predicted octanol–water partition coefficient (Wildman–Crippen LogP) is 4.21. The molecule has 3 N–H and O–H groups in total. The Kier molecular flexibility index (Phi) is 10.8. The Labute approximate surface area is 190 Å². The van der Waals surface area contributed by atoms with Crippen LogP contribution in [0, 0.1) is 39.4 Å². The van der Waals surface area contributed by atoms with E-state index in [2.05, 4.69) is 38.3 Å². The zero-order valence-electron chi connectivity index (χ0n) is 19.7. The third-order valence-electron chi connectivity index (χ3n) is 4.13. The number of nitrogens with two attached hydrogens (primary N) is 1. The van der Waals surface area contributed by atoms with E-state index in [1.165, 1.54) is 6.34 Å². The lowest BCUT2D eigenvalue weighted by molar-refractivity contribution is -0.242. The summed E-state index contributed by atoms with van der Waals surface area (Å²) < 4.78 is 0. The Bertz CT molecular complexity index is 935. The molecule has 32 heavy (non-hydrogen) atoms. The normalized spacial score (nSPS) is 12.5. The van der Waals surface area contributed by atoms with Crippen molar-refractivity contribution in [2.24, 2.45) is 26.3 Å². The maximum absolute atomic E-state index is 9.42. The SMILES string of the molecule is CC(C)(C#N)c1cc(CN=CN=C(N)/C=N/OO)cc(C(C)(C)C#N)c1.CC(C)(C)C#N. The molecule has 0 heterocycles. The number of amidine groups is 1. The highest BCUT2D eigenvalue weighted by atomic mass is 17.2. The quantitative estimate of drug-likeness (QED) is 0.281. The molecule has 1 aromatic rings. The molecule has 0 aromatic heterocycles. The number of nitriles is 3. The first-order valence-corrected chi connectivity index (χ1v) is 9.76. The minimum atomic E-state index is -0.691. The fourth-order valence-electron chi connectivity index (χ4n) is 2.00. The van der Waals surface area contributed by atoms with Crippen molar-refractivity contribution in [2.75, 3.05) is 0 Å². The summed E-state index contributed by atoms with van der Waals surface area (Å²) in [5, 5.41) is 38.1. The smallest absolute Gasteiger partial charge is 0.147 e. The van der Waals surface area contributed by atoms with Gasteiger partial charge >= 0.3 is 0 Å². The minimum absolute atomic E-state index is 0.00784. The van der Waals surface area contributed by atoms with Crippen molar-refractivity contribution >= 4 is 18.4 Å². The summed E-state index contributed by atoms with van der Waals surface area (Å²) in [6, 6.07) is 12.3. The molecule has 0 spiro atoms. The van der Waals surface area contributed by atoms with E-state index in [-0.39, 0.29) is 11.3 Å². The van der Waals surface area contributed by atoms with Gasteiger partial charge in [-0.05, 0) is 70.3 Å². The van der Waals surface area contributed by atoms with E-state index in [0.717, 1.165) is 22.9 Å². The fourth-order valence-corrected chi connectivity index (χ4v) is 2.00. The number of nitrogens with zero attached hydrogens (tertiary/aromatic N) is 6. The Morgan fingerprint density at radius 2 is 1.44 bits per heavy atom. The molecule has 0 aliphatic heterocycles. The maximum Gasteiger partial charge on any atom is 0.147 e. The third-order valence-corrected chi connectivity index (χ3v) is 4.13. The van der Waals surface area contributed by atoms with Crippen LogP contribution in [0.3, 0.4) is 0 Å². The lowest BCUT2D eigenvalue weighted by Gasteiger charge is -2.22. The molecule has 0 saturated heterocycles. The topological polar surface area (TPSA) is 164 Å². The molecule has 0 atom stereocenters. The van der Waals surface area contributed by atoms with Gasteiger partial charge in [0.1, 0.15) is 18.4 Å². The van der Waals surface area contributed by atoms with E-state index >= 15 is 0 Å². The third kappa shape index (κ3) is 10.3. The molecule has 0 saturated carbocycles. The van der Waals surface area contributed by atoms with Crippen LogP contribution in [0.1, 0.15) is 65.2 Å². The molecular formula is C23H31N7O2. The van der Waals surface area contributed by atoms with Crippen LogP contribution < -0.4 is 5.73 Å². The zero-order valence-corrected chi connectivity index (χ0v) is 19.7. The number of oxime groups is 1. The van der Waals surface area contributed by atoms with Crippen molar-refractivity contribution in [1.29, 1.82) is 15.8 Å². The molecule has 0 unspecified atom stereocenters. The summed E-state index contributed by atoms with van der Waals surface area (Å²) in [6.45, 7) is 13.2. The van der Waals surface area contributed by atoms with E-state index in [9.17, 15) is 10.5 Å². The number of benzene rings is 1. The van der Waals surface area contributed by atoms with Gasteiger partial charge < -0.3 is 5.73 Å². The second-order valence-electron chi connectivity index (χ2n) is 9.08. The van der Waals surface area contributed by atoms with Gasteiger partial charge in [-0.1, -0.05) is 18.2 Å². The molecule has 9 heteroatoms. The van der Waals surface area contributed by atoms with Crippen LogP contribution in [0.25, 0.3) is 0 Å². The summed E-state index contributed by atoms with van der Waals surface area (Å²) in [7, 11) is 0. The van der Waals surface area contributed by atoms with Crippen LogP contribution in [0.15, 0.2) is 33.3 Å². The molecule has 0 aliphatic carbocycles. The van der Waals surface area contributed by atoms with Crippen molar-refractivity contribution in [3.8, 4) is 18.2 Å². The van der Waals surface area contributed by atoms with E-state index in [4.69, 9.17) is 16.3 Å². The van der Waals surface area contributed by atoms with Gasteiger partial charge in [0.25, 0.3) is 0 Å². The highest BCUT2D eigenvalue weighted by Gasteiger charge is 2.26.